The minimum Gasteiger partial charge on any atom is -0.392 e. The molecule has 1 saturated heterocycles. The van der Waals surface area contributed by atoms with Gasteiger partial charge in [-0.15, -0.1) is 0 Å². The topological polar surface area (TPSA) is 109 Å². The quantitative estimate of drug-likeness (QED) is 0.387. The van der Waals surface area contributed by atoms with Crippen LogP contribution in [0, 0.1) is 5.82 Å². The fraction of sp³-hybridized carbons (Fsp3) is 0.240. The number of anilines is 1. The fourth-order valence-corrected chi connectivity index (χ4v) is 4.43. The molecule has 1 aliphatic heterocycles. The van der Waals surface area contributed by atoms with E-state index < -0.39 is 5.82 Å². The van der Waals surface area contributed by atoms with Crippen LogP contribution in [-0.2, 0) is 0 Å². The maximum Gasteiger partial charge on any atom is 0.272 e. The van der Waals surface area contributed by atoms with Gasteiger partial charge >= 0.3 is 0 Å². The molecule has 0 bridgehead atoms. The Morgan fingerprint density at radius 2 is 1.94 bits per heavy atom. The first-order valence-corrected chi connectivity index (χ1v) is 11.7. The Balaban J connectivity index is 1.47. The van der Waals surface area contributed by atoms with E-state index in [9.17, 15) is 14.0 Å². The highest BCUT2D eigenvalue weighted by Crippen LogP contribution is 2.34. The number of hydrogen-bond donors (Lipinski definition) is 2. The first-order valence-electron chi connectivity index (χ1n) is 11.3. The number of aromatic nitrogens is 3. The molecule has 184 valence electrons. The second-order valence-electron chi connectivity index (χ2n) is 8.92. The third-order valence-electron chi connectivity index (χ3n) is 6.18. The molecule has 0 unspecified atom stereocenters. The van der Waals surface area contributed by atoms with Gasteiger partial charge in [-0.3, -0.25) is 14.0 Å². The highest BCUT2D eigenvalue weighted by Gasteiger charge is 2.36. The molecule has 3 N–H and O–H groups in total. The molecule has 5 rings (SSSR count). The number of pyridine rings is 2. The third kappa shape index (κ3) is 4.22. The molecule has 0 aliphatic carbocycles. The van der Waals surface area contributed by atoms with Crippen LogP contribution < -0.4 is 16.0 Å². The van der Waals surface area contributed by atoms with Crippen LogP contribution >= 0.6 is 12.2 Å². The van der Waals surface area contributed by atoms with Crippen molar-refractivity contribution in [1.29, 1.82) is 0 Å². The fourth-order valence-electron chi connectivity index (χ4n) is 4.36. The van der Waals surface area contributed by atoms with Crippen LogP contribution in [0.1, 0.15) is 32.5 Å². The molecule has 4 aromatic rings. The van der Waals surface area contributed by atoms with Gasteiger partial charge in [-0.2, -0.15) is 0 Å². The van der Waals surface area contributed by atoms with Crippen molar-refractivity contribution in [3.05, 3.63) is 71.4 Å². The maximum absolute atomic E-state index is 14.0. The Morgan fingerprint density at radius 3 is 2.67 bits per heavy atom. The van der Waals surface area contributed by atoms with E-state index in [-0.39, 0.29) is 29.3 Å². The van der Waals surface area contributed by atoms with E-state index in [1.807, 2.05) is 29.2 Å². The van der Waals surface area contributed by atoms with Gasteiger partial charge in [0.05, 0.1) is 28.3 Å². The SMILES string of the molecule is CN(C)C(=O)c1c(C2CN(c3cc(C(=O)NCC(N)=S)c4ccccc4n3)C2)nc2ccc(F)cn12. The summed E-state index contributed by atoms with van der Waals surface area (Å²) in [5, 5.41) is 3.46. The van der Waals surface area contributed by atoms with Crippen molar-refractivity contribution in [3.63, 3.8) is 0 Å². The second kappa shape index (κ2) is 9.15. The summed E-state index contributed by atoms with van der Waals surface area (Å²) in [7, 11) is 3.31. The number of nitrogens with one attached hydrogen (secondary N) is 1. The summed E-state index contributed by atoms with van der Waals surface area (Å²) in [6, 6.07) is 12.0. The van der Waals surface area contributed by atoms with E-state index >= 15 is 0 Å². The van der Waals surface area contributed by atoms with Gasteiger partial charge in [-0.25, -0.2) is 14.4 Å². The van der Waals surface area contributed by atoms with Gasteiger partial charge in [0.25, 0.3) is 11.8 Å². The van der Waals surface area contributed by atoms with Crippen LogP contribution in [0.3, 0.4) is 0 Å². The summed E-state index contributed by atoms with van der Waals surface area (Å²) in [5.74, 6) is -0.410. The molecular formula is C25H24FN7O2S. The first kappa shape index (κ1) is 23.6. The van der Waals surface area contributed by atoms with Crippen LogP contribution in [0.15, 0.2) is 48.7 Å². The van der Waals surface area contributed by atoms with Crippen LogP contribution in [0.4, 0.5) is 10.2 Å². The number of halogens is 1. The number of para-hydroxylation sites is 1. The van der Waals surface area contributed by atoms with Crippen molar-refractivity contribution < 1.29 is 14.0 Å². The van der Waals surface area contributed by atoms with Crippen LogP contribution in [0.25, 0.3) is 16.6 Å². The maximum atomic E-state index is 14.0. The molecule has 36 heavy (non-hydrogen) atoms. The molecule has 2 amide bonds. The van der Waals surface area contributed by atoms with Gasteiger partial charge in [0, 0.05) is 44.7 Å². The summed E-state index contributed by atoms with van der Waals surface area (Å²) >= 11 is 4.88. The number of amides is 2. The molecule has 1 aromatic carbocycles. The van der Waals surface area contributed by atoms with E-state index in [4.69, 9.17) is 22.9 Å². The van der Waals surface area contributed by atoms with Crippen LogP contribution in [0.5, 0.6) is 0 Å². The van der Waals surface area contributed by atoms with Crippen LogP contribution in [0.2, 0.25) is 0 Å². The minimum absolute atomic E-state index is 0.0629. The number of benzene rings is 1. The second-order valence-corrected chi connectivity index (χ2v) is 9.44. The number of nitrogens with two attached hydrogens (primary N) is 1. The van der Waals surface area contributed by atoms with E-state index in [1.165, 1.54) is 21.6 Å². The molecule has 0 saturated carbocycles. The molecule has 9 nitrogen and oxygen atoms in total. The predicted octanol–water partition coefficient (Wildman–Crippen LogP) is 2.34. The summed E-state index contributed by atoms with van der Waals surface area (Å²) in [4.78, 5) is 38.9. The highest BCUT2D eigenvalue weighted by atomic mass is 32.1. The van der Waals surface area contributed by atoms with E-state index in [0.717, 1.165) is 5.39 Å². The largest absolute Gasteiger partial charge is 0.392 e. The van der Waals surface area contributed by atoms with Crippen molar-refractivity contribution in [2.45, 2.75) is 5.92 Å². The Labute approximate surface area is 211 Å². The molecule has 0 spiro atoms. The monoisotopic (exact) mass is 505 g/mol. The number of nitrogens with zero attached hydrogens (tertiary/aromatic N) is 5. The molecule has 0 radical (unpaired) electrons. The lowest BCUT2D eigenvalue weighted by atomic mass is 9.94. The lowest BCUT2D eigenvalue weighted by molar-refractivity contribution is 0.0818. The minimum atomic E-state index is -0.448. The molecule has 4 heterocycles. The lowest BCUT2D eigenvalue weighted by Crippen LogP contribution is -2.46. The van der Waals surface area contributed by atoms with Crippen molar-refractivity contribution in [1.82, 2.24) is 24.6 Å². The number of imidazole rings is 1. The average Bonchev–Trinajstić information content (AvgIpc) is 3.18. The molecule has 11 heteroatoms. The van der Waals surface area contributed by atoms with Gasteiger partial charge in [0.1, 0.15) is 23.0 Å². The van der Waals surface area contributed by atoms with Gasteiger partial charge < -0.3 is 20.9 Å². The highest BCUT2D eigenvalue weighted by molar-refractivity contribution is 7.80. The van der Waals surface area contributed by atoms with E-state index in [2.05, 4.69) is 10.3 Å². The zero-order valence-electron chi connectivity index (χ0n) is 19.7. The number of hydrogen-bond acceptors (Lipinski definition) is 6. The lowest BCUT2D eigenvalue weighted by Gasteiger charge is -2.40. The molecule has 1 fully saturated rings. The number of fused-ring (bicyclic) bond motifs is 2. The van der Waals surface area contributed by atoms with E-state index in [1.54, 1.807) is 26.2 Å². The molecule has 0 atom stereocenters. The molecule has 3 aromatic heterocycles. The summed E-state index contributed by atoms with van der Waals surface area (Å²) < 4.78 is 15.5. The summed E-state index contributed by atoms with van der Waals surface area (Å²) in [6.07, 6.45) is 1.28. The first-order chi connectivity index (χ1) is 17.2. The Morgan fingerprint density at radius 1 is 1.19 bits per heavy atom. The van der Waals surface area contributed by atoms with Crippen molar-refractivity contribution in [2.24, 2.45) is 5.73 Å². The zero-order chi connectivity index (χ0) is 25.6. The number of carbonyl (C=O) groups excluding carboxylic acids is 2. The van der Waals surface area contributed by atoms with Crippen molar-refractivity contribution >= 4 is 51.4 Å². The Kier molecular flexibility index (Phi) is 6.00. The Bertz CT molecular complexity index is 1530. The normalized spacial score (nSPS) is 13.6. The van der Waals surface area contributed by atoms with Gasteiger partial charge in [-0.05, 0) is 24.3 Å². The van der Waals surface area contributed by atoms with Gasteiger partial charge in [0.15, 0.2) is 0 Å². The average molecular weight is 506 g/mol. The number of thiocarbonyl (C=S) groups is 1. The Hall–Kier alpha value is -4.12. The molecule has 1 aliphatic rings. The summed E-state index contributed by atoms with van der Waals surface area (Å²) in [6.45, 7) is 1.18. The summed E-state index contributed by atoms with van der Waals surface area (Å²) in [5.41, 5.74) is 8.18. The smallest absolute Gasteiger partial charge is 0.272 e. The number of carbonyl (C=O) groups is 2. The standard InChI is InChI=1S/C25H24FN7O2S/c1-31(2)25(35)23-22(30-20-8-7-15(26)13-33(20)23)14-11-32(12-14)21-9-17(24(34)28-10-19(27)36)16-5-3-4-6-18(16)29-21/h3-9,13-14H,10-12H2,1-2H3,(H2,27,36)(H,28,34). The predicted molar refractivity (Wildman–Crippen MR) is 139 cm³/mol. The molecular weight excluding hydrogens is 481 g/mol. The number of rotatable bonds is 6. The zero-order valence-corrected chi connectivity index (χ0v) is 20.6. The third-order valence-corrected chi connectivity index (χ3v) is 6.33. The van der Waals surface area contributed by atoms with Gasteiger partial charge in [0.2, 0.25) is 0 Å². The van der Waals surface area contributed by atoms with Crippen LogP contribution in [-0.4, -0.2) is 69.8 Å². The van der Waals surface area contributed by atoms with Gasteiger partial charge in [-0.1, -0.05) is 30.4 Å². The van der Waals surface area contributed by atoms with Crippen molar-refractivity contribution in [3.8, 4) is 0 Å². The van der Waals surface area contributed by atoms with E-state index in [0.29, 0.717) is 47.0 Å². The van der Waals surface area contributed by atoms with Crippen molar-refractivity contribution in [2.75, 3.05) is 38.6 Å².